The zero-order valence-electron chi connectivity index (χ0n) is 27.1. The quantitative estimate of drug-likeness (QED) is 0.0828. The van der Waals surface area contributed by atoms with Gasteiger partial charge in [0.25, 0.3) is 0 Å². The maximum atomic E-state index is 13.1. The first-order valence-electron chi connectivity index (χ1n) is 15.0. The molecule has 1 rings (SSSR count). The van der Waals surface area contributed by atoms with Crippen LogP contribution in [0.15, 0.2) is 71.4 Å². The number of allylic oxidation sites excluding steroid dienone is 8. The Kier molecular flexibility index (Phi) is 17.4. The van der Waals surface area contributed by atoms with Gasteiger partial charge < -0.3 is 15.2 Å². The van der Waals surface area contributed by atoms with Crippen LogP contribution >= 0.6 is 11.8 Å². The number of ether oxygens (including phenoxy) is 1. The molecular formula is C35H53NO5S. The number of cyclic esters (lactones) is 1. The molecule has 1 aliphatic heterocycles. The molecule has 0 bridgehead atoms. The molecule has 0 spiro atoms. The van der Waals surface area contributed by atoms with E-state index < -0.39 is 12.0 Å². The Bertz CT molecular complexity index is 1080. The van der Waals surface area contributed by atoms with Crippen LogP contribution in [0.2, 0.25) is 0 Å². The summed E-state index contributed by atoms with van der Waals surface area (Å²) in [5.74, 6) is -0.0554. The van der Waals surface area contributed by atoms with Crippen molar-refractivity contribution in [1.82, 2.24) is 5.32 Å². The van der Waals surface area contributed by atoms with Crippen molar-refractivity contribution in [3.8, 4) is 0 Å². The van der Waals surface area contributed by atoms with Crippen LogP contribution in [-0.4, -0.2) is 53.5 Å². The van der Waals surface area contributed by atoms with Crippen molar-refractivity contribution in [1.29, 1.82) is 0 Å². The number of carbonyl (C=O) groups excluding carboxylic acids is 3. The first kappa shape index (κ1) is 37.4. The summed E-state index contributed by atoms with van der Waals surface area (Å²) < 4.78 is 5.36. The van der Waals surface area contributed by atoms with Crippen LogP contribution in [0.1, 0.15) is 68.2 Å². The number of amides is 1. The predicted molar refractivity (Wildman–Crippen MR) is 176 cm³/mol. The third-order valence-electron chi connectivity index (χ3n) is 7.42. The summed E-state index contributed by atoms with van der Waals surface area (Å²) in [7, 11) is 0. The van der Waals surface area contributed by atoms with E-state index in [1.165, 1.54) is 6.08 Å². The second-order valence-corrected chi connectivity index (χ2v) is 12.8. The lowest BCUT2D eigenvalue weighted by molar-refractivity contribution is -0.143. The average Bonchev–Trinajstić information content (AvgIpc) is 2.92. The lowest BCUT2D eigenvalue weighted by Gasteiger charge is -2.25. The van der Waals surface area contributed by atoms with Crippen molar-refractivity contribution in [2.24, 2.45) is 29.6 Å². The summed E-state index contributed by atoms with van der Waals surface area (Å²) in [5.41, 5.74) is 3.00. The Labute approximate surface area is 258 Å². The number of carbonyl (C=O) groups is 3. The molecule has 1 heterocycles. The van der Waals surface area contributed by atoms with Gasteiger partial charge in [-0.3, -0.25) is 9.59 Å². The molecule has 0 aromatic heterocycles. The minimum atomic E-state index is -0.790. The summed E-state index contributed by atoms with van der Waals surface area (Å²) in [6, 6.07) is 0. The van der Waals surface area contributed by atoms with Crippen LogP contribution in [0, 0.1) is 29.6 Å². The van der Waals surface area contributed by atoms with Crippen LogP contribution in [0.5, 0.6) is 0 Å². The van der Waals surface area contributed by atoms with Crippen LogP contribution in [0.3, 0.4) is 0 Å². The molecule has 6 nitrogen and oxygen atoms in total. The molecule has 1 aliphatic rings. The molecule has 42 heavy (non-hydrogen) atoms. The highest BCUT2D eigenvalue weighted by molar-refractivity contribution is 7.98. The lowest BCUT2D eigenvalue weighted by Crippen LogP contribution is -2.34. The van der Waals surface area contributed by atoms with Crippen molar-refractivity contribution >= 4 is 29.4 Å². The summed E-state index contributed by atoms with van der Waals surface area (Å²) in [4.78, 5) is 36.6. The van der Waals surface area contributed by atoms with Gasteiger partial charge in [-0.1, -0.05) is 87.8 Å². The Morgan fingerprint density at radius 3 is 2.43 bits per heavy atom. The normalized spacial score (nSPS) is 22.1. The Balaban J connectivity index is 2.61. The van der Waals surface area contributed by atoms with E-state index in [0.717, 1.165) is 28.9 Å². The van der Waals surface area contributed by atoms with Gasteiger partial charge in [0, 0.05) is 42.2 Å². The fraction of sp³-hybridized carbons (Fsp3) is 0.571. The molecule has 0 saturated carbocycles. The van der Waals surface area contributed by atoms with Gasteiger partial charge in [-0.15, -0.1) is 0 Å². The number of hydrogen-bond donors (Lipinski definition) is 2. The smallest absolute Gasteiger partial charge is 0.331 e. The third kappa shape index (κ3) is 14.5. The summed E-state index contributed by atoms with van der Waals surface area (Å²) >= 11 is 1.68. The van der Waals surface area contributed by atoms with Crippen molar-refractivity contribution in [2.75, 3.05) is 18.6 Å². The standard InChI is InChI=1S/C35H53NO5S/c1-23(19-25(3)13-15-31-27(5)14-16-33(38)41-31)11-10-12-24(2)20-28(6)34(39)30(8)35(40)29(7)21-26(4)22-32(37)36-17-18-42-9/h10,12-16,19-20,22-23,27-31,35,40H,11,17-18,21H2,1-9H3,(H,36,37)/b12-10+,15-13+,24-20+,25-19-,26-22+/t23?,27-,28+,29-,30+,31?,35?/m0/s1. The molecule has 7 heteroatoms. The van der Waals surface area contributed by atoms with E-state index in [1.54, 1.807) is 24.8 Å². The topological polar surface area (TPSA) is 92.7 Å². The van der Waals surface area contributed by atoms with Crippen LogP contribution < -0.4 is 5.32 Å². The fourth-order valence-corrected chi connectivity index (χ4v) is 5.28. The van der Waals surface area contributed by atoms with Gasteiger partial charge in [0.15, 0.2) is 0 Å². The van der Waals surface area contributed by atoms with E-state index in [4.69, 9.17) is 4.74 Å². The monoisotopic (exact) mass is 599 g/mol. The van der Waals surface area contributed by atoms with Gasteiger partial charge in [0.2, 0.25) is 5.91 Å². The molecule has 0 saturated heterocycles. The number of rotatable bonds is 17. The number of nitrogens with one attached hydrogen (secondary N) is 1. The third-order valence-corrected chi connectivity index (χ3v) is 8.04. The van der Waals surface area contributed by atoms with Crippen molar-refractivity contribution in [3.63, 3.8) is 0 Å². The Morgan fingerprint density at radius 1 is 1.10 bits per heavy atom. The second-order valence-electron chi connectivity index (χ2n) is 11.8. The molecule has 0 aliphatic carbocycles. The minimum absolute atomic E-state index is 0.00529. The van der Waals surface area contributed by atoms with Crippen molar-refractivity contribution in [3.05, 3.63) is 71.4 Å². The second kappa shape index (κ2) is 19.5. The first-order valence-corrected chi connectivity index (χ1v) is 16.4. The Morgan fingerprint density at radius 2 is 1.76 bits per heavy atom. The minimum Gasteiger partial charge on any atom is -0.454 e. The van der Waals surface area contributed by atoms with Crippen LogP contribution in [0.4, 0.5) is 0 Å². The van der Waals surface area contributed by atoms with Gasteiger partial charge in [-0.2, -0.15) is 11.8 Å². The van der Waals surface area contributed by atoms with Crippen molar-refractivity contribution < 1.29 is 24.2 Å². The molecule has 0 radical (unpaired) electrons. The number of esters is 1. The SMILES string of the molecule is CSCCNC(=O)/C=C(\C)C[C@H](C)C(O)[C@H](C)C(=O)[C@H](C)/C=C(C)/C=C/CC(C)/C=C(C)\C=C\C1OC(=O)C=C[C@@H]1C. The van der Waals surface area contributed by atoms with E-state index in [1.807, 2.05) is 78.2 Å². The molecule has 0 aromatic rings. The highest BCUT2D eigenvalue weighted by atomic mass is 32.2. The number of ketones is 1. The molecular weight excluding hydrogens is 546 g/mol. The predicted octanol–water partition coefficient (Wildman–Crippen LogP) is 6.79. The molecule has 234 valence electrons. The van der Waals surface area contributed by atoms with E-state index in [-0.39, 0.29) is 41.5 Å². The highest BCUT2D eigenvalue weighted by Gasteiger charge is 2.29. The zero-order valence-corrected chi connectivity index (χ0v) is 27.9. The van der Waals surface area contributed by atoms with E-state index >= 15 is 0 Å². The molecule has 0 aromatic carbocycles. The van der Waals surface area contributed by atoms with Gasteiger partial charge >= 0.3 is 5.97 Å². The number of thioether (sulfide) groups is 1. The molecule has 1 amide bonds. The van der Waals surface area contributed by atoms with Crippen LogP contribution in [-0.2, 0) is 19.1 Å². The van der Waals surface area contributed by atoms with E-state index in [2.05, 4.69) is 24.4 Å². The fourth-order valence-electron chi connectivity index (χ4n) is 4.97. The average molecular weight is 600 g/mol. The van der Waals surface area contributed by atoms with Gasteiger partial charge in [0.05, 0.1) is 6.10 Å². The van der Waals surface area contributed by atoms with E-state index in [0.29, 0.717) is 18.9 Å². The number of aliphatic hydroxyl groups is 1. The van der Waals surface area contributed by atoms with E-state index in [9.17, 15) is 19.5 Å². The molecule has 2 N–H and O–H groups in total. The summed E-state index contributed by atoms with van der Waals surface area (Å²) in [6.07, 6.45) is 19.5. The molecule has 0 fully saturated rings. The maximum Gasteiger partial charge on any atom is 0.331 e. The highest BCUT2D eigenvalue weighted by Crippen LogP contribution is 2.24. The maximum absolute atomic E-state index is 13.1. The zero-order chi connectivity index (χ0) is 31.8. The number of hydrogen-bond acceptors (Lipinski definition) is 6. The largest absolute Gasteiger partial charge is 0.454 e. The van der Waals surface area contributed by atoms with Crippen molar-refractivity contribution in [2.45, 2.75) is 80.4 Å². The number of aliphatic hydroxyl groups excluding tert-OH is 1. The lowest BCUT2D eigenvalue weighted by atomic mass is 9.83. The molecule has 7 atom stereocenters. The van der Waals surface area contributed by atoms with Gasteiger partial charge in [-0.25, -0.2) is 4.79 Å². The van der Waals surface area contributed by atoms with Crippen LogP contribution in [0.25, 0.3) is 0 Å². The Hall–Kier alpha value is -2.64. The van der Waals surface area contributed by atoms with Gasteiger partial charge in [-0.05, 0) is 57.8 Å². The number of Topliss-reactive ketones (excluding diaryl/α,β-unsaturated/α-hetero) is 1. The summed E-state index contributed by atoms with van der Waals surface area (Å²) in [6.45, 7) is 16.3. The first-order chi connectivity index (χ1) is 19.7. The molecule has 3 unspecified atom stereocenters. The summed E-state index contributed by atoms with van der Waals surface area (Å²) in [5, 5.41) is 13.7. The van der Waals surface area contributed by atoms with Gasteiger partial charge in [0.1, 0.15) is 11.9 Å².